The van der Waals surface area contributed by atoms with Crippen LogP contribution in [-0.2, 0) is 6.54 Å². The molecule has 2 rings (SSSR count). The summed E-state index contributed by atoms with van der Waals surface area (Å²) in [5, 5.41) is 10.8. The van der Waals surface area contributed by atoms with Crippen molar-refractivity contribution in [1.82, 2.24) is 25.6 Å². The summed E-state index contributed by atoms with van der Waals surface area (Å²) >= 11 is 0. The van der Waals surface area contributed by atoms with Crippen LogP contribution in [0.15, 0.2) is 15.6 Å². The fourth-order valence-electron chi connectivity index (χ4n) is 2.81. The largest absolute Gasteiger partial charge is 0.359 e. The molecule has 1 saturated heterocycles. The predicted octanol–water partition coefficient (Wildman–Crippen LogP) is 2.11. The van der Waals surface area contributed by atoms with Gasteiger partial charge in [0.05, 0.1) is 5.69 Å². The molecule has 1 aromatic heterocycles. The molecule has 0 radical (unpaired) electrons. The van der Waals surface area contributed by atoms with E-state index in [1.165, 1.54) is 0 Å². The number of rotatable bonds is 7. The smallest absolute Gasteiger partial charge is 0.191 e. The van der Waals surface area contributed by atoms with Crippen molar-refractivity contribution < 1.29 is 4.52 Å². The number of hydrogen-bond donors (Lipinski definition) is 2. The number of likely N-dealkylation sites (N-methyl/N-ethyl adjacent to an activating group) is 1. The van der Waals surface area contributed by atoms with Crippen LogP contribution in [0.3, 0.4) is 0 Å². The van der Waals surface area contributed by atoms with Crippen LogP contribution in [0.25, 0.3) is 0 Å². The van der Waals surface area contributed by atoms with Gasteiger partial charge in [-0.3, -0.25) is 4.90 Å². The van der Waals surface area contributed by atoms with Gasteiger partial charge in [0.15, 0.2) is 11.7 Å². The highest BCUT2D eigenvalue weighted by Gasteiger charge is 2.19. The molecule has 1 unspecified atom stereocenters. The van der Waals surface area contributed by atoms with Gasteiger partial charge in [-0.2, -0.15) is 0 Å². The number of nitrogens with zero attached hydrogens (tertiary/aromatic N) is 4. The number of guanidine groups is 1. The Kier molecular flexibility index (Phi) is 10.5. The molecule has 1 fully saturated rings. The second kappa shape index (κ2) is 11.8. The van der Waals surface area contributed by atoms with E-state index in [0.717, 1.165) is 56.7 Å². The fourth-order valence-corrected chi connectivity index (χ4v) is 2.81. The van der Waals surface area contributed by atoms with Crippen LogP contribution in [0.1, 0.15) is 45.1 Å². The van der Waals surface area contributed by atoms with E-state index in [9.17, 15) is 0 Å². The second-order valence-corrected chi connectivity index (χ2v) is 7.14. The first-order chi connectivity index (χ1) is 12.0. The normalized spacial score (nSPS) is 17.8. The molecule has 2 heterocycles. The van der Waals surface area contributed by atoms with E-state index in [4.69, 9.17) is 4.52 Å². The number of aromatic nitrogens is 1. The van der Waals surface area contributed by atoms with E-state index in [1.807, 2.05) is 6.07 Å². The van der Waals surface area contributed by atoms with Crippen LogP contribution >= 0.6 is 24.0 Å². The standard InChI is InChI=1S/C18H34N6O.HI/c1-6-19-18(21-13-16-11-17(14(2)3)22-25-16)20-12-15(4)24-9-7-23(5)8-10-24;/h11,14-15H,6-10,12-13H2,1-5H3,(H2,19,20,21);1H. The molecule has 7 nitrogen and oxygen atoms in total. The van der Waals surface area contributed by atoms with E-state index in [2.05, 4.69) is 65.3 Å². The van der Waals surface area contributed by atoms with Crippen molar-refractivity contribution in [2.24, 2.45) is 4.99 Å². The van der Waals surface area contributed by atoms with Gasteiger partial charge in [0.1, 0.15) is 6.54 Å². The predicted molar refractivity (Wildman–Crippen MR) is 117 cm³/mol. The molecule has 150 valence electrons. The Hall–Kier alpha value is -0.870. The molecular formula is C18H35IN6O. The van der Waals surface area contributed by atoms with Crippen molar-refractivity contribution in [2.75, 3.05) is 46.3 Å². The van der Waals surface area contributed by atoms with Crippen LogP contribution in [0.2, 0.25) is 0 Å². The molecule has 0 bridgehead atoms. The maximum Gasteiger partial charge on any atom is 0.191 e. The molecule has 0 aromatic carbocycles. The third-order valence-electron chi connectivity index (χ3n) is 4.63. The number of nitrogens with one attached hydrogen (secondary N) is 2. The first-order valence-electron chi connectivity index (χ1n) is 9.39. The van der Waals surface area contributed by atoms with Crippen LogP contribution in [-0.4, -0.2) is 73.3 Å². The van der Waals surface area contributed by atoms with Gasteiger partial charge in [-0.1, -0.05) is 19.0 Å². The first-order valence-corrected chi connectivity index (χ1v) is 9.39. The lowest BCUT2D eigenvalue weighted by atomic mass is 10.1. The van der Waals surface area contributed by atoms with Crippen LogP contribution in [0, 0.1) is 0 Å². The summed E-state index contributed by atoms with van der Waals surface area (Å²) in [6.45, 7) is 15.3. The number of piperazine rings is 1. The zero-order valence-corrected chi connectivity index (χ0v) is 19.1. The topological polar surface area (TPSA) is 68.9 Å². The summed E-state index contributed by atoms with van der Waals surface area (Å²) in [6, 6.07) is 2.47. The number of hydrogen-bond acceptors (Lipinski definition) is 5. The van der Waals surface area contributed by atoms with Gasteiger partial charge in [-0.25, -0.2) is 4.99 Å². The van der Waals surface area contributed by atoms with E-state index >= 15 is 0 Å². The van der Waals surface area contributed by atoms with Gasteiger partial charge in [-0.15, -0.1) is 24.0 Å². The minimum Gasteiger partial charge on any atom is -0.359 e. The molecule has 0 spiro atoms. The van der Waals surface area contributed by atoms with Crippen molar-refractivity contribution in [3.8, 4) is 0 Å². The highest BCUT2D eigenvalue weighted by Crippen LogP contribution is 2.14. The number of aliphatic imine (C=N–C) groups is 1. The molecule has 0 amide bonds. The fraction of sp³-hybridized carbons (Fsp3) is 0.778. The van der Waals surface area contributed by atoms with Gasteiger partial charge in [-0.05, 0) is 26.8 Å². The quantitative estimate of drug-likeness (QED) is 0.356. The monoisotopic (exact) mass is 478 g/mol. The molecule has 26 heavy (non-hydrogen) atoms. The highest BCUT2D eigenvalue weighted by atomic mass is 127. The van der Waals surface area contributed by atoms with Crippen molar-refractivity contribution >= 4 is 29.9 Å². The lowest BCUT2D eigenvalue weighted by molar-refractivity contribution is 0.120. The average molecular weight is 478 g/mol. The van der Waals surface area contributed by atoms with Crippen molar-refractivity contribution in [2.45, 2.75) is 46.2 Å². The SMILES string of the molecule is CCNC(=NCc1cc(C(C)C)no1)NCC(C)N1CCN(C)CC1.I. The second-order valence-electron chi connectivity index (χ2n) is 7.14. The summed E-state index contributed by atoms with van der Waals surface area (Å²) in [4.78, 5) is 9.53. The molecule has 1 aromatic rings. The summed E-state index contributed by atoms with van der Waals surface area (Å²) in [5.74, 6) is 2.00. The van der Waals surface area contributed by atoms with E-state index in [0.29, 0.717) is 18.5 Å². The zero-order valence-electron chi connectivity index (χ0n) is 16.8. The van der Waals surface area contributed by atoms with Gasteiger partial charge in [0.2, 0.25) is 0 Å². The minimum atomic E-state index is 0. The molecule has 2 N–H and O–H groups in total. The molecule has 8 heteroatoms. The molecule has 0 saturated carbocycles. The summed E-state index contributed by atoms with van der Waals surface area (Å²) in [6.07, 6.45) is 0. The Morgan fingerprint density at radius 3 is 2.50 bits per heavy atom. The maximum atomic E-state index is 5.36. The summed E-state index contributed by atoms with van der Waals surface area (Å²) in [7, 11) is 2.18. The molecule has 1 aliphatic rings. The summed E-state index contributed by atoms with van der Waals surface area (Å²) in [5.41, 5.74) is 0.979. The lowest BCUT2D eigenvalue weighted by Gasteiger charge is -2.36. The van der Waals surface area contributed by atoms with Crippen LogP contribution in [0.4, 0.5) is 0 Å². The van der Waals surface area contributed by atoms with Gasteiger partial charge in [0, 0.05) is 51.4 Å². The Labute approximate surface area is 175 Å². The Bertz CT molecular complexity index is 540. The molecule has 1 atom stereocenters. The summed E-state index contributed by atoms with van der Waals surface area (Å²) < 4.78 is 5.36. The van der Waals surface area contributed by atoms with Crippen molar-refractivity contribution in [3.63, 3.8) is 0 Å². The van der Waals surface area contributed by atoms with E-state index < -0.39 is 0 Å². The third kappa shape index (κ3) is 7.40. The molecular weight excluding hydrogens is 443 g/mol. The molecule has 0 aliphatic carbocycles. The van der Waals surface area contributed by atoms with E-state index in [1.54, 1.807) is 0 Å². The van der Waals surface area contributed by atoms with Crippen molar-refractivity contribution in [1.29, 1.82) is 0 Å². The van der Waals surface area contributed by atoms with E-state index in [-0.39, 0.29) is 24.0 Å². The average Bonchev–Trinajstić information content (AvgIpc) is 3.07. The lowest BCUT2D eigenvalue weighted by Crippen LogP contribution is -2.52. The third-order valence-corrected chi connectivity index (χ3v) is 4.63. The first kappa shape index (κ1) is 23.2. The Morgan fingerprint density at radius 2 is 1.92 bits per heavy atom. The zero-order chi connectivity index (χ0) is 18.2. The number of halogens is 1. The molecule has 1 aliphatic heterocycles. The van der Waals surface area contributed by atoms with Gasteiger partial charge < -0.3 is 20.1 Å². The highest BCUT2D eigenvalue weighted by molar-refractivity contribution is 14.0. The van der Waals surface area contributed by atoms with Crippen molar-refractivity contribution in [3.05, 3.63) is 17.5 Å². The van der Waals surface area contributed by atoms with Gasteiger partial charge in [0.25, 0.3) is 0 Å². The minimum absolute atomic E-state index is 0. The van der Waals surface area contributed by atoms with Crippen LogP contribution in [0.5, 0.6) is 0 Å². The Balaban J connectivity index is 0.00000338. The Morgan fingerprint density at radius 1 is 1.23 bits per heavy atom. The van der Waals surface area contributed by atoms with Crippen LogP contribution < -0.4 is 10.6 Å². The maximum absolute atomic E-state index is 5.36. The van der Waals surface area contributed by atoms with Gasteiger partial charge >= 0.3 is 0 Å².